The Kier molecular flexibility index (Phi) is 3.04. The number of nitrogens with zero attached hydrogens (tertiary/aromatic N) is 1. The molecule has 0 aromatic carbocycles. The number of hydrogen-bond acceptors (Lipinski definition) is 4. The van der Waals surface area contributed by atoms with Gasteiger partial charge in [0.2, 0.25) is 0 Å². The third kappa shape index (κ3) is 1.82. The maximum atomic E-state index is 10.1. The van der Waals surface area contributed by atoms with Crippen molar-refractivity contribution in [2.24, 2.45) is 0 Å². The molecule has 0 bridgehead atoms. The first kappa shape index (κ1) is 9.12. The topological polar surface area (TPSA) is 95.8 Å². The van der Waals surface area contributed by atoms with E-state index in [1.54, 1.807) is 0 Å². The van der Waals surface area contributed by atoms with Gasteiger partial charge in [-0.3, -0.25) is 4.90 Å². The molecule has 5 nitrogen and oxygen atoms in total. The molecule has 0 atom stereocenters. The molecule has 1 amide bonds. The zero-order valence-corrected chi connectivity index (χ0v) is 5.97. The van der Waals surface area contributed by atoms with Gasteiger partial charge in [0.15, 0.2) is 5.09 Å². The molecule has 0 saturated carbocycles. The Morgan fingerprint density at radius 3 is 2.60 bits per heavy atom. The average molecular weight is 164 g/mol. The van der Waals surface area contributed by atoms with E-state index >= 15 is 0 Å². The quantitative estimate of drug-likeness (QED) is 0.499. The van der Waals surface area contributed by atoms with Gasteiger partial charge in [0, 0.05) is 0 Å². The maximum Gasteiger partial charge on any atom is 0.412 e. The molecule has 0 aromatic heterocycles. The molecular weight excluding hydrogens is 156 g/mol. The number of thioether (sulfide) groups is 1. The van der Waals surface area contributed by atoms with Gasteiger partial charge >= 0.3 is 6.09 Å². The zero-order valence-electron chi connectivity index (χ0n) is 5.15. The molecule has 10 heavy (non-hydrogen) atoms. The molecule has 0 aromatic rings. The van der Waals surface area contributed by atoms with Crippen LogP contribution in [0.15, 0.2) is 11.3 Å². The second-order valence-corrected chi connectivity index (χ2v) is 2.46. The molecule has 1 rings (SSSR count). The fourth-order valence-electron chi connectivity index (χ4n) is 0.454. The van der Waals surface area contributed by atoms with E-state index in [-0.39, 0.29) is 11.2 Å². The highest BCUT2D eigenvalue weighted by atomic mass is 32.2. The van der Waals surface area contributed by atoms with Crippen molar-refractivity contribution in [3.63, 3.8) is 0 Å². The second kappa shape index (κ2) is 3.33. The zero-order chi connectivity index (χ0) is 6.85. The number of amides is 1. The molecule has 0 unspecified atom stereocenters. The van der Waals surface area contributed by atoms with Gasteiger partial charge in [-0.05, 0) is 0 Å². The standard InChI is InChI=1S/C4H5NO3S.H3N/c6-3-1-5(2-9-3)4(7)8;/h1,6H,2H2,(H,7,8);1H3. The van der Waals surface area contributed by atoms with Crippen LogP contribution >= 0.6 is 11.8 Å². The number of aliphatic hydroxyl groups is 1. The predicted molar refractivity (Wildman–Crippen MR) is 38.1 cm³/mol. The summed E-state index contributed by atoms with van der Waals surface area (Å²) >= 11 is 1.10. The minimum Gasteiger partial charge on any atom is -0.501 e. The lowest BCUT2D eigenvalue weighted by molar-refractivity contribution is 0.169. The van der Waals surface area contributed by atoms with Gasteiger partial charge in [-0.1, -0.05) is 11.8 Å². The van der Waals surface area contributed by atoms with Crippen LogP contribution in [0.25, 0.3) is 0 Å². The van der Waals surface area contributed by atoms with Gasteiger partial charge in [-0.15, -0.1) is 0 Å². The van der Waals surface area contributed by atoms with Crippen molar-refractivity contribution >= 4 is 17.9 Å². The minimum absolute atomic E-state index is 0. The van der Waals surface area contributed by atoms with Gasteiger partial charge in [0.1, 0.15) is 0 Å². The summed E-state index contributed by atoms with van der Waals surface area (Å²) in [7, 11) is 0. The highest BCUT2D eigenvalue weighted by Crippen LogP contribution is 2.21. The summed E-state index contributed by atoms with van der Waals surface area (Å²) in [6, 6.07) is 0. The molecule has 6 heteroatoms. The van der Waals surface area contributed by atoms with E-state index in [1.165, 1.54) is 6.20 Å². The maximum absolute atomic E-state index is 10.1. The summed E-state index contributed by atoms with van der Waals surface area (Å²) in [5, 5.41) is 17.0. The van der Waals surface area contributed by atoms with Crippen molar-refractivity contribution in [2.75, 3.05) is 5.88 Å². The molecule has 0 aliphatic carbocycles. The van der Waals surface area contributed by atoms with Crippen LogP contribution in [0.5, 0.6) is 0 Å². The molecule has 1 heterocycles. The van der Waals surface area contributed by atoms with Crippen LogP contribution in [0.2, 0.25) is 0 Å². The van der Waals surface area contributed by atoms with Gasteiger partial charge in [0.25, 0.3) is 0 Å². The lowest BCUT2D eigenvalue weighted by Crippen LogP contribution is -2.19. The Hall–Kier alpha value is -0.880. The van der Waals surface area contributed by atoms with Crippen molar-refractivity contribution in [3.05, 3.63) is 11.3 Å². The molecule has 58 valence electrons. The normalized spacial score (nSPS) is 16.0. The van der Waals surface area contributed by atoms with E-state index in [0.29, 0.717) is 5.88 Å². The largest absolute Gasteiger partial charge is 0.501 e. The van der Waals surface area contributed by atoms with Crippen LogP contribution in [0, 0.1) is 0 Å². The van der Waals surface area contributed by atoms with Crippen LogP contribution in [-0.2, 0) is 0 Å². The number of hydrogen-bond donors (Lipinski definition) is 3. The fraction of sp³-hybridized carbons (Fsp3) is 0.250. The van der Waals surface area contributed by atoms with Crippen LogP contribution in [0.3, 0.4) is 0 Å². The van der Waals surface area contributed by atoms with Gasteiger partial charge in [0.05, 0.1) is 12.1 Å². The number of carboxylic acid groups (broad SMARTS) is 1. The molecule has 5 N–H and O–H groups in total. The van der Waals surface area contributed by atoms with Crippen molar-refractivity contribution in [1.82, 2.24) is 11.1 Å². The van der Waals surface area contributed by atoms with E-state index in [4.69, 9.17) is 10.2 Å². The van der Waals surface area contributed by atoms with Crippen LogP contribution in [0.4, 0.5) is 4.79 Å². The van der Waals surface area contributed by atoms with Gasteiger partial charge < -0.3 is 16.4 Å². The average Bonchev–Trinajstić information content (AvgIpc) is 2.14. The second-order valence-electron chi connectivity index (χ2n) is 1.49. The Labute approximate surface area is 61.9 Å². The molecule has 1 aliphatic rings. The van der Waals surface area contributed by atoms with E-state index in [9.17, 15) is 4.79 Å². The fourth-order valence-corrected chi connectivity index (χ4v) is 1.11. The lowest BCUT2D eigenvalue weighted by atomic mass is 10.8. The van der Waals surface area contributed by atoms with E-state index in [1.807, 2.05) is 0 Å². The summed E-state index contributed by atoms with van der Waals surface area (Å²) in [6.07, 6.45) is 0.152. The molecule has 0 fully saturated rings. The van der Waals surface area contributed by atoms with Gasteiger partial charge in [-0.25, -0.2) is 4.79 Å². The van der Waals surface area contributed by atoms with Crippen molar-refractivity contribution in [3.8, 4) is 0 Å². The summed E-state index contributed by atoms with van der Waals surface area (Å²) in [5.41, 5.74) is 0. The molecule has 1 aliphatic heterocycles. The Bertz CT molecular complexity index is 170. The molecule has 0 saturated heterocycles. The Morgan fingerprint density at radius 2 is 2.40 bits per heavy atom. The van der Waals surface area contributed by atoms with E-state index in [0.717, 1.165) is 16.7 Å². The summed E-state index contributed by atoms with van der Waals surface area (Å²) in [4.78, 5) is 11.1. The molecular formula is C4H8N2O3S. The lowest BCUT2D eigenvalue weighted by Gasteiger charge is -2.03. The van der Waals surface area contributed by atoms with Crippen molar-refractivity contribution in [1.29, 1.82) is 0 Å². The third-order valence-electron chi connectivity index (χ3n) is 0.863. The number of carbonyl (C=O) groups is 1. The Morgan fingerprint density at radius 1 is 1.80 bits per heavy atom. The smallest absolute Gasteiger partial charge is 0.412 e. The van der Waals surface area contributed by atoms with Crippen molar-refractivity contribution < 1.29 is 15.0 Å². The number of rotatable bonds is 0. The first-order valence-electron chi connectivity index (χ1n) is 2.23. The third-order valence-corrected chi connectivity index (χ3v) is 1.67. The molecule has 0 spiro atoms. The summed E-state index contributed by atoms with van der Waals surface area (Å²) < 4.78 is 0. The van der Waals surface area contributed by atoms with Crippen LogP contribution in [-0.4, -0.2) is 27.1 Å². The summed E-state index contributed by atoms with van der Waals surface area (Å²) in [6.45, 7) is 0. The van der Waals surface area contributed by atoms with Gasteiger partial charge in [-0.2, -0.15) is 0 Å². The Balaban J connectivity index is 0.000000810. The number of aliphatic hydroxyl groups excluding tert-OH is 1. The summed E-state index contributed by atoms with van der Waals surface area (Å²) in [5.74, 6) is 0.293. The van der Waals surface area contributed by atoms with Crippen LogP contribution in [0.1, 0.15) is 0 Å². The SMILES string of the molecule is N.O=C(O)N1C=C(O)SC1. The highest BCUT2D eigenvalue weighted by Gasteiger charge is 2.16. The minimum atomic E-state index is -1.04. The van der Waals surface area contributed by atoms with Crippen LogP contribution < -0.4 is 6.15 Å². The first-order chi connectivity index (χ1) is 4.20. The molecule has 0 radical (unpaired) electrons. The van der Waals surface area contributed by atoms with E-state index in [2.05, 4.69) is 0 Å². The van der Waals surface area contributed by atoms with E-state index < -0.39 is 6.09 Å². The monoisotopic (exact) mass is 164 g/mol. The highest BCUT2D eigenvalue weighted by molar-refractivity contribution is 8.03. The van der Waals surface area contributed by atoms with Crippen molar-refractivity contribution in [2.45, 2.75) is 0 Å². The first-order valence-corrected chi connectivity index (χ1v) is 3.22. The predicted octanol–water partition coefficient (Wildman–Crippen LogP) is 1.19.